The maximum Gasteiger partial charge on any atom is 0.323 e. The number of hydrogen-bond donors (Lipinski definition) is 1. The van der Waals surface area contributed by atoms with Crippen molar-refractivity contribution in [2.24, 2.45) is 0 Å². The molecule has 0 radical (unpaired) electrons. The van der Waals surface area contributed by atoms with Crippen LogP contribution >= 0.6 is 0 Å². The minimum atomic E-state index is -0.256. The van der Waals surface area contributed by atoms with Crippen LogP contribution in [-0.4, -0.2) is 38.4 Å². The zero-order valence-corrected chi connectivity index (χ0v) is 10.2. The second-order valence-corrected chi connectivity index (χ2v) is 3.47. The molecule has 0 rings (SSSR count). The van der Waals surface area contributed by atoms with Crippen LogP contribution in [0.5, 0.6) is 0 Å². The molecule has 90 valence electrons. The van der Waals surface area contributed by atoms with Crippen molar-refractivity contribution in [3.63, 3.8) is 0 Å². The third kappa shape index (κ3) is 6.47. The highest BCUT2D eigenvalue weighted by Crippen LogP contribution is 2.00. The number of hydrogen-bond acceptors (Lipinski definition) is 4. The van der Waals surface area contributed by atoms with Gasteiger partial charge in [0.2, 0.25) is 0 Å². The number of nitrogens with one attached hydrogen (secondary N) is 1. The maximum absolute atomic E-state index is 11.4. The van der Waals surface area contributed by atoms with Crippen LogP contribution in [0.2, 0.25) is 0 Å². The number of likely N-dealkylation sites (N-methyl/N-ethyl adjacent to an activating group) is 1. The summed E-state index contributed by atoms with van der Waals surface area (Å²) in [6.07, 6.45) is 1.90. The van der Waals surface area contributed by atoms with Gasteiger partial charge in [0.1, 0.15) is 6.04 Å². The van der Waals surface area contributed by atoms with Crippen molar-refractivity contribution >= 4 is 5.97 Å². The molecule has 0 bridgehead atoms. The summed E-state index contributed by atoms with van der Waals surface area (Å²) in [5.41, 5.74) is 0. The molecule has 0 saturated carbocycles. The summed E-state index contributed by atoms with van der Waals surface area (Å²) in [4.78, 5) is 11.4. The molecule has 0 aromatic heterocycles. The van der Waals surface area contributed by atoms with Crippen molar-refractivity contribution in [2.75, 3.05) is 20.3 Å². The lowest BCUT2D eigenvalue weighted by Gasteiger charge is -2.16. The van der Waals surface area contributed by atoms with Gasteiger partial charge in [-0.15, -0.1) is 0 Å². The molecule has 0 aliphatic heterocycles. The van der Waals surface area contributed by atoms with Crippen LogP contribution in [0.25, 0.3) is 0 Å². The third-order valence-electron chi connectivity index (χ3n) is 2.30. The molecule has 0 spiro atoms. The number of esters is 1. The summed E-state index contributed by atoms with van der Waals surface area (Å²) in [5.74, 6) is -0.201. The molecular weight excluding hydrogens is 194 g/mol. The van der Waals surface area contributed by atoms with Crippen molar-refractivity contribution in [3.8, 4) is 0 Å². The summed E-state index contributed by atoms with van der Waals surface area (Å²) >= 11 is 0. The van der Waals surface area contributed by atoms with Crippen LogP contribution in [-0.2, 0) is 14.3 Å². The summed E-state index contributed by atoms with van der Waals surface area (Å²) in [5, 5.41) is 2.92. The molecule has 0 saturated heterocycles. The van der Waals surface area contributed by atoms with Gasteiger partial charge in [-0.05, 0) is 33.7 Å². The second-order valence-electron chi connectivity index (χ2n) is 3.47. The fourth-order valence-corrected chi connectivity index (χ4v) is 1.13. The van der Waals surface area contributed by atoms with Gasteiger partial charge in [0, 0.05) is 6.61 Å². The Morgan fingerprint density at radius 1 is 1.40 bits per heavy atom. The van der Waals surface area contributed by atoms with E-state index in [1.54, 1.807) is 14.0 Å². The second kappa shape index (κ2) is 8.68. The molecule has 2 unspecified atom stereocenters. The zero-order chi connectivity index (χ0) is 11.7. The van der Waals surface area contributed by atoms with E-state index in [1.165, 1.54) is 0 Å². The molecule has 15 heavy (non-hydrogen) atoms. The van der Waals surface area contributed by atoms with Gasteiger partial charge < -0.3 is 14.8 Å². The van der Waals surface area contributed by atoms with Gasteiger partial charge in [0.15, 0.2) is 0 Å². The van der Waals surface area contributed by atoms with Crippen LogP contribution < -0.4 is 5.32 Å². The van der Waals surface area contributed by atoms with Crippen molar-refractivity contribution in [1.82, 2.24) is 5.32 Å². The average molecular weight is 217 g/mol. The van der Waals surface area contributed by atoms with E-state index in [9.17, 15) is 4.79 Å². The lowest BCUT2D eigenvalue weighted by Crippen LogP contribution is -2.36. The van der Waals surface area contributed by atoms with E-state index < -0.39 is 0 Å². The zero-order valence-electron chi connectivity index (χ0n) is 10.2. The standard InChI is InChI=1S/C11H23NO3/c1-5-9(3)15-8-7-10(12-4)11(13)14-6-2/h9-10,12H,5-8H2,1-4H3. The number of ether oxygens (including phenoxy) is 2. The van der Waals surface area contributed by atoms with E-state index in [1.807, 2.05) is 6.92 Å². The Labute approximate surface area is 92.3 Å². The molecule has 2 atom stereocenters. The highest BCUT2D eigenvalue weighted by Gasteiger charge is 2.17. The van der Waals surface area contributed by atoms with Gasteiger partial charge in [-0.25, -0.2) is 0 Å². The summed E-state index contributed by atoms with van der Waals surface area (Å²) in [7, 11) is 1.75. The third-order valence-corrected chi connectivity index (χ3v) is 2.30. The number of carbonyl (C=O) groups excluding carboxylic acids is 1. The molecule has 0 heterocycles. The Hall–Kier alpha value is -0.610. The topological polar surface area (TPSA) is 47.6 Å². The van der Waals surface area contributed by atoms with Crippen LogP contribution in [0.3, 0.4) is 0 Å². The van der Waals surface area contributed by atoms with E-state index in [4.69, 9.17) is 9.47 Å². The van der Waals surface area contributed by atoms with Gasteiger partial charge >= 0.3 is 5.97 Å². The van der Waals surface area contributed by atoms with Gasteiger partial charge in [-0.2, -0.15) is 0 Å². The van der Waals surface area contributed by atoms with Crippen LogP contribution in [0, 0.1) is 0 Å². The van der Waals surface area contributed by atoms with Crippen LogP contribution in [0.15, 0.2) is 0 Å². The summed E-state index contributed by atoms with van der Waals surface area (Å²) in [6.45, 7) is 6.91. The molecule has 0 aromatic rings. The van der Waals surface area contributed by atoms with Gasteiger partial charge in [0.25, 0.3) is 0 Å². The van der Waals surface area contributed by atoms with E-state index in [0.717, 1.165) is 6.42 Å². The minimum absolute atomic E-state index is 0.201. The van der Waals surface area contributed by atoms with Crippen molar-refractivity contribution in [3.05, 3.63) is 0 Å². The fraction of sp³-hybridized carbons (Fsp3) is 0.909. The Morgan fingerprint density at radius 3 is 2.53 bits per heavy atom. The number of rotatable bonds is 8. The largest absolute Gasteiger partial charge is 0.465 e. The lowest BCUT2D eigenvalue weighted by molar-refractivity contribution is -0.146. The van der Waals surface area contributed by atoms with E-state index in [-0.39, 0.29) is 18.1 Å². The van der Waals surface area contributed by atoms with Crippen LogP contribution in [0.1, 0.15) is 33.6 Å². The Kier molecular flexibility index (Phi) is 8.33. The maximum atomic E-state index is 11.4. The molecule has 0 fully saturated rings. The lowest BCUT2D eigenvalue weighted by atomic mass is 10.2. The smallest absolute Gasteiger partial charge is 0.323 e. The molecule has 4 heteroatoms. The van der Waals surface area contributed by atoms with E-state index in [0.29, 0.717) is 19.6 Å². The summed E-state index contributed by atoms with van der Waals surface area (Å²) < 4.78 is 10.4. The Morgan fingerprint density at radius 2 is 2.07 bits per heavy atom. The first-order valence-electron chi connectivity index (χ1n) is 5.61. The molecule has 1 N–H and O–H groups in total. The molecule has 0 aliphatic carbocycles. The predicted molar refractivity (Wildman–Crippen MR) is 59.8 cm³/mol. The van der Waals surface area contributed by atoms with Gasteiger partial charge in [0.05, 0.1) is 12.7 Å². The SMILES string of the molecule is CCOC(=O)C(CCOC(C)CC)NC. The highest BCUT2D eigenvalue weighted by molar-refractivity contribution is 5.75. The first kappa shape index (κ1) is 14.4. The first-order valence-corrected chi connectivity index (χ1v) is 5.61. The number of carbonyl (C=O) groups is 1. The van der Waals surface area contributed by atoms with E-state index in [2.05, 4.69) is 12.2 Å². The van der Waals surface area contributed by atoms with Crippen molar-refractivity contribution < 1.29 is 14.3 Å². The predicted octanol–water partition coefficient (Wildman–Crippen LogP) is 1.34. The monoisotopic (exact) mass is 217 g/mol. The first-order chi connectivity index (χ1) is 7.15. The van der Waals surface area contributed by atoms with E-state index >= 15 is 0 Å². The quantitative estimate of drug-likeness (QED) is 0.623. The molecule has 0 aromatic carbocycles. The van der Waals surface area contributed by atoms with Crippen LogP contribution in [0.4, 0.5) is 0 Å². The molecule has 4 nitrogen and oxygen atoms in total. The van der Waals surface area contributed by atoms with Crippen molar-refractivity contribution in [1.29, 1.82) is 0 Å². The normalized spacial score (nSPS) is 14.7. The average Bonchev–Trinajstić information content (AvgIpc) is 2.24. The minimum Gasteiger partial charge on any atom is -0.465 e. The van der Waals surface area contributed by atoms with Gasteiger partial charge in [-0.3, -0.25) is 4.79 Å². The molecular formula is C11H23NO3. The molecule has 0 amide bonds. The van der Waals surface area contributed by atoms with Gasteiger partial charge in [-0.1, -0.05) is 6.92 Å². The fourth-order valence-electron chi connectivity index (χ4n) is 1.13. The summed E-state index contributed by atoms with van der Waals surface area (Å²) in [6, 6.07) is -0.256. The molecule has 0 aliphatic rings. The van der Waals surface area contributed by atoms with Crippen molar-refractivity contribution in [2.45, 2.75) is 45.8 Å². The Bertz CT molecular complexity index is 173. The Balaban J connectivity index is 3.74. The highest BCUT2D eigenvalue weighted by atomic mass is 16.5.